The summed E-state index contributed by atoms with van der Waals surface area (Å²) in [6.45, 7) is 4.39. The van der Waals surface area contributed by atoms with Gasteiger partial charge in [-0.2, -0.15) is 0 Å². The molecule has 0 heterocycles. The second-order valence-electron chi connectivity index (χ2n) is 6.34. The molecule has 2 rings (SSSR count). The lowest BCUT2D eigenvalue weighted by Crippen LogP contribution is -2.44. The number of rotatable bonds is 5. The number of ether oxygens (including phenoxy) is 1. The Kier molecular flexibility index (Phi) is 5.66. The minimum atomic E-state index is -0.0169. The zero-order valence-corrected chi connectivity index (χ0v) is 13.4. The van der Waals surface area contributed by atoms with Crippen LogP contribution in [0, 0.1) is 11.8 Å². The fraction of sp³-hybridized carbons (Fsp3) is 0.611. The maximum absolute atomic E-state index is 12.6. The average Bonchev–Trinajstić information content (AvgIpc) is 2.52. The first kappa shape index (κ1) is 15.9. The van der Waals surface area contributed by atoms with Crippen LogP contribution in [0.3, 0.4) is 0 Å². The lowest BCUT2D eigenvalue weighted by Gasteiger charge is -2.33. The van der Waals surface area contributed by atoms with E-state index in [2.05, 4.69) is 19.2 Å². The summed E-state index contributed by atoms with van der Waals surface area (Å²) in [5, 5.41) is 3.26. The molecule has 1 amide bonds. The number of carbonyl (C=O) groups is 1. The largest absolute Gasteiger partial charge is 0.496 e. The molecule has 1 aliphatic carbocycles. The van der Waals surface area contributed by atoms with E-state index in [1.54, 1.807) is 7.11 Å². The molecule has 1 unspecified atom stereocenters. The topological polar surface area (TPSA) is 38.3 Å². The van der Waals surface area contributed by atoms with Gasteiger partial charge in [0.25, 0.3) is 5.91 Å². The monoisotopic (exact) mass is 289 g/mol. The summed E-state index contributed by atoms with van der Waals surface area (Å²) in [4.78, 5) is 12.6. The summed E-state index contributed by atoms with van der Waals surface area (Å²) in [7, 11) is 1.60. The molecule has 0 aliphatic heterocycles. The summed E-state index contributed by atoms with van der Waals surface area (Å²) >= 11 is 0. The van der Waals surface area contributed by atoms with Crippen LogP contribution in [0.1, 0.15) is 56.3 Å². The van der Waals surface area contributed by atoms with Crippen LogP contribution in [-0.2, 0) is 0 Å². The van der Waals surface area contributed by atoms with Crippen LogP contribution >= 0.6 is 0 Å². The van der Waals surface area contributed by atoms with Gasteiger partial charge in [0.2, 0.25) is 0 Å². The molecule has 0 aromatic heterocycles. The first-order valence-electron chi connectivity index (χ1n) is 8.07. The molecule has 1 fully saturated rings. The van der Waals surface area contributed by atoms with E-state index in [0.29, 0.717) is 23.1 Å². The summed E-state index contributed by atoms with van der Waals surface area (Å²) in [6, 6.07) is 7.67. The Morgan fingerprint density at radius 1 is 1.19 bits per heavy atom. The van der Waals surface area contributed by atoms with Crippen LogP contribution in [0.2, 0.25) is 0 Å². The third-order valence-electron chi connectivity index (χ3n) is 4.53. The predicted molar refractivity (Wildman–Crippen MR) is 85.7 cm³/mol. The molecule has 3 heteroatoms. The van der Waals surface area contributed by atoms with Gasteiger partial charge in [-0.05, 0) is 36.8 Å². The van der Waals surface area contributed by atoms with E-state index < -0.39 is 0 Å². The van der Waals surface area contributed by atoms with Gasteiger partial charge in [0.1, 0.15) is 5.75 Å². The van der Waals surface area contributed by atoms with Crippen molar-refractivity contribution in [2.75, 3.05) is 7.11 Å². The summed E-state index contributed by atoms with van der Waals surface area (Å²) in [6.07, 6.45) is 6.38. The summed E-state index contributed by atoms with van der Waals surface area (Å²) < 4.78 is 5.29. The standard InChI is InChI=1S/C18H27NO2/c1-13(2)17(14-9-5-4-6-10-14)19-18(20)15-11-7-8-12-16(15)21-3/h7-8,11-14,17H,4-6,9-10H2,1-3H3,(H,19,20). The number of carbonyl (C=O) groups excluding carboxylic acids is 1. The molecule has 0 saturated heterocycles. The zero-order chi connectivity index (χ0) is 15.2. The zero-order valence-electron chi connectivity index (χ0n) is 13.4. The van der Waals surface area contributed by atoms with Gasteiger partial charge in [0.15, 0.2) is 0 Å². The number of amides is 1. The molecular weight excluding hydrogens is 262 g/mol. The number of hydrogen-bond donors (Lipinski definition) is 1. The van der Waals surface area contributed by atoms with Crippen molar-refractivity contribution in [2.24, 2.45) is 11.8 Å². The minimum absolute atomic E-state index is 0.0169. The second kappa shape index (κ2) is 7.48. The molecule has 0 spiro atoms. The highest BCUT2D eigenvalue weighted by Gasteiger charge is 2.28. The lowest BCUT2D eigenvalue weighted by molar-refractivity contribution is 0.0887. The first-order chi connectivity index (χ1) is 10.1. The van der Waals surface area contributed by atoms with Gasteiger partial charge in [-0.25, -0.2) is 0 Å². The molecule has 1 N–H and O–H groups in total. The number of hydrogen-bond acceptors (Lipinski definition) is 2. The summed E-state index contributed by atoms with van der Waals surface area (Å²) in [5.74, 6) is 1.68. The Balaban J connectivity index is 2.10. The SMILES string of the molecule is COc1ccccc1C(=O)NC(C(C)C)C1CCCCC1. The van der Waals surface area contributed by atoms with E-state index in [4.69, 9.17) is 4.74 Å². The van der Waals surface area contributed by atoms with Crippen LogP contribution < -0.4 is 10.1 Å². The van der Waals surface area contributed by atoms with E-state index in [9.17, 15) is 4.79 Å². The van der Waals surface area contributed by atoms with E-state index >= 15 is 0 Å². The van der Waals surface area contributed by atoms with Crippen molar-refractivity contribution in [2.45, 2.75) is 52.0 Å². The number of para-hydroxylation sites is 1. The smallest absolute Gasteiger partial charge is 0.255 e. The van der Waals surface area contributed by atoms with Crippen molar-refractivity contribution < 1.29 is 9.53 Å². The molecular formula is C18H27NO2. The second-order valence-corrected chi connectivity index (χ2v) is 6.34. The van der Waals surface area contributed by atoms with Crippen molar-refractivity contribution in [3.63, 3.8) is 0 Å². The van der Waals surface area contributed by atoms with Crippen molar-refractivity contribution in [1.29, 1.82) is 0 Å². The van der Waals surface area contributed by atoms with Crippen molar-refractivity contribution in [1.82, 2.24) is 5.32 Å². The molecule has 1 atom stereocenters. The van der Waals surface area contributed by atoms with Crippen LogP contribution in [-0.4, -0.2) is 19.1 Å². The van der Waals surface area contributed by atoms with E-state index in [1.807, 2.05) is 24.3 Å². The molecule has 21 heavy (non-hydrogen) atoms. The van der Waals surface area contributed by atoms with Crippen molar-refractivity contribution in [3.05, 3.63) is 29.8 Å². The van der Waals surface area contributed by atoms with Gasteiger partial charge in [0.05, 0.1) is 12.7 Å². The van der Waals surface area contributed by atoms with Gasteiger partial charge in [-0.3, -0.25) is 4.79 Å². The maximum Gasteiger partial charge on any atom is 0.255 e. The fourth-order valence-electron chi connectivity index (χ4n) is 3.38. The number of benzene rings is 1. The highest BCUT2D eigenvalue weighted by atomic mass is 16.5. The maximum atomic E-state index is 12.6. The van der Waals surface area contributed by atoms with E-state index in [0.717, 1.165) is 0 Å². The van der Waals surface area contributed by atoms with E-state index in [1.165, 1.54) is 32.1 Å². The van der Waals surface area contributed by atoms with Crippen LogP contribution in [0.5, 0.6) is 5.75 Å². The van der Waals surface area contributed by atoms with Crippen LogP contribution in [0.15, 0.2) is 24.3 Å². The number of nitrogens with one attached hydrogen (secondary N) is 1. The van der Waals surface area contributed by atoms with Crippen molar-refractivity contribution >= 4 is 5.91 Å². The quantitative estimate of drug-likeness (QED) is 0.888. The van der Waals surface area contributed by atoms with Gasteiger partial charge >= 0.3 is 0 Å². The third-order valence-corrected chi connectivity index (χ3v) is 4.53. The third kappa shape index (κ3) is 3.99. The highest BCUT2D eigenvalue weighted by Crippen LogP contribution is 2.30. The average molecular weight is 289 g/mol. The molecule has 1 saturated carbocycles. The lowest BCUT2D eigenvalue weighted by atomic mass is 9.79. The Bertz CT molecular complexity index is 464. The Labute approximate surface area is 128 Å². The molecule has 1 aromatic carbocycles. The predicted octanol–water partition coefficient (Wildman–Crippen LogP) is 4.03. The van der Waals surface area contributed by atoms with Gasteiger partial charge in [-0.1, -0.05) is 45.2 Å². The Hall–Kier alpha value is -1.51. The molecule has 3 nitrogen and oxygen atoms in total. The van der Waals surface area contributed by atoms with Gasteiger partial charge in [-0.15, -0.1) is 0 Å². The normalized spacial score (nSPS) is 17.5. The van der Waals surface area contributed by atoms with Crippen LogP contribution in [0.25, 0.3) is 0 Å². The number of methoxy groups -OCH3 is 1. The van der Waals surface area contributed by atoms with Gasteiger partial charge < -0.3 is 10.1 Å². The molecule has 1 aliphatic rings. The molecule has 0 bridgehead atoms. The highest BCUT2D eigenvalue weighted by molar-refractivity contribution is 5.97. The molecule has 0 radical (unpaired) electrons. The Morgan fingerprint density at radius 2 is 1.86 bits per heavy atom. The van der Waals surface area contributed by atoms with Crippen LogP contribution in [0.4, 0.5) is 0 Å². The Morgan fingerprint density at radius 3 is 2.48 bits per heavy atom. The first-order valence-corrected chi connectivity index (χ1v) is 8.07. The van der Waals surface area contributed by atoms with E-state index in [-0.39, 0.29) is 11.9 Å². The molecule has 1 aromatic rings. The van der Waals surface area contributed by atoms with Gasteiger partial charge in [0, 0.05) is 6.04 Å². The fourth-order valence-corrected chi connectivity index (χ4v) is 3.38. The molecule has 116 valence electrons. The van der Waals surface area contributed by atoms with Crippen molar-refractivity contribution in [3.8, 4) is 5.75 Å². The summed E-state index contributed by atoms with van der Waals surface area (Å²) in [5.41, 5.74) is 0.626. The minimum Gasteiger partial charge on any atom is -0.496 e.